The van der Waals surface area contributed by atoms with Gasteiger partial charge in [-0.05, 0) is 31.7 Å². The Hall–Kier alpha value is -1.22. The number of nitrogens with one attached hydrogen (secondary N) is 1. The third-order valence-electron chi connectivity index (χ3n) is 4.47. The van der Waals surface area contributed by atoms with Crippen molar-refractivity contribution in [2.24, 2.45) is 5.92 Å². The van der Waals surface area contributed by atoms with Crippen molar-refractivity contribution in [1.82, 2.24) is 5.32 Å². The van der Waals surface area contributed by atoms with Gasteiger partial charge in [0.1, 0.15) is 11.5 Å². The van der Waals surface area contributed by atoms with Gasteiger partial charge in [-0.1, -0.05) is 25.3 Å². The van der Waals surface area contributed by atoms with E-state index in [4.69, 9.17) is 9.47 Å². The van der Waals surface area contributed by atoms with E-state index in [1.807, 2.05) is 12.1 Å². The standard InChI is InChI=1S/C17H27NO2/c1-13(14-7-5-4-6-8-14)18-12-15-9-10-16(19-2)11-17(15)20-3/h9-11,13-14,18H,4-8,12H2,1-3H3/t13-/m0/s1. The summed E-state index contributed by atoms with van der Waals surface area (Å²) in [5.41, 5.74) is 1.19. The second kappa shape index (κ2) is 7.53. The van der Waals surface area contributed by atoms with Crippen LogP contribution in [0.25, 0.3) is 0 Å². The molecule has 1 aliphatic rings. The number of benzene rings is 1. The fraction of sp³-hybridized carbons (Fsp3) is 0.647. The molecule has 20 heavy (non-hydrogen) atoms. The van der Waals surface area contributed by atoms with Gasteiger partial charge in [0, 0.05) is 24.2 Å². The number of hydrogen-bond donors (Lipinski definition) is 1. The van der Waals surface area contributed by atoms with Crippen LogP contribution in [0.1, 0.15) is 44.6 Å². The molecule has 1 saturated carbocycles. The Morgan fingerprint density at radius 2 is 1.90 bits per heavy atom. The van der Waals surface area contributed by atoms with Crippen molar-refractivity contribution in [2.75, 3.05) is 14.2 Å². The lowest BCUT2D eigenvalue weighted by Crippen LogP contribution is -2.34. The zero-order chi connectivity index (χ0) is 14.4. The van der Waals surface area contributed by atoms with Gasteiger partial charge in [0.2, 0.25) is 0 Å². The lowest BCUT2D eigenvalue weighted by molar-refractivity contribution is 0.279. The molecule has 0 heterocycles. The van der Waals surface area contributed by atoms with Gasteiger partial charge in [0.15, 0.2) is 0 Å². The summed E-state index contributed by atoms with van der Waals surface area (Å²) in [5, 5.41) is 3.66. The van der Waals surface area contributed by atoms with Gasteiger partial charge in [-0.2, -0.15) is 0 Å². The van der Waals surface area contributed by atoms with Crippen molar-refractivity contribution in [3.8, 4) is 11.5 Å². The summed E-state index contributed by atoms with van der Waals surface area (Å²) in [7, 11) is 3.39. The van der Waals surface area contributed by atoms with Crippen molar-refractivity contribution in [3.63, 3.8) is 0 Å². The fourth-order valence-corrected chi connectivity index (χ4v) is 3.07. The highest BCUT2D eigenvalue weighted by atomic mass is 16.5. The van der Waals surface area contributed by atoms with Gasteiger partial charge >= 0.3 is 0 Å². The Labute approximate surface area is 122 Å². The lowest BCUT2D eigenvalue weighted by Gasteiger charge is -2.28. The second-order valence-corrected chi connectivity index (χ2v) is 5.75. The Balaban J connectivity index is 1.92. The monoisotopic (exact) mass is 277 g/mol. The minimum Gasteiger partial charge on any atom is -0.497 e. The normalized spacial score (nSPS) is 17.8. The Morgan fingerprint density at radius 3 is 2.55 bits per heavy atom. The highest BCUT2D eigenvalue weighted by molar-refractivity contribution is 5.40. The van der Waals surface area contributed by atoms with Gasteiger partial charge in [0.25, 0.3) is 0 Å². The molecule has 2 rings (SSSR count). The molecule has 1 aliphatic carbocycles. The summed E-state index contributed by atoms with van der Waals surface area (Å²) in [6.45, 7) is 3.16. The topological polar surface area (TPSA) is 30.5 Å². The van der Waals surface area contributed by atoms with Crippen molar-refractivity contribution >= 4 is 0 Å². The quantitative estimate of drug-likeness (QED) is 0.858. The fourth-order valence-electron chi connectivity index (χ4n) is 3.07. The van der Waals surface area contributed by atoms with Crippen LogP contribution in [0.5, 0.6) is 11.5 Å². The van der Waals surface area contributed by atoms with E-state index in [1.165, 1.54) is 37.7 Å². The van der Waals surface area contributed by atoms with E-state index in [-0.39, 0.29) is 0 Å². The summed E-state index contributed by atoms with van der Waals surface area (Å²) in [6, 6.07) is 6.59. The van der Waals surface area contributed by atoms with Crippen molar-refractivity contribution < 1.29 is 9.47 Å². The molecule has 0 amide bonds. The third kappa shape index (κ3) is 3.89. The third-order valence-corrected chi connectivity index (χ3v) is 4.47. The van der Waals surface area contributed by atoms with Crippen LogP contribution in [0.15, 0.2) is 18.2 Å². The van der Waals surface area contributed by atoms with Crippen LogP contribution in [-0.4, -0.2) is 20.3 Å². The predicted molar refractivity (Wildman–Crippen MR) is 82.4 cm³/mol. The molecule has 1 atom stereocenters. The maximum Gasteiger partial charge on any atom is 0.127 e. The molecular formula is C17H27NO2. The smallest absolute Gasteiger partial charge is 0.127 e. The first-order valence-corrected chi connectivity index (χ1v) is 7.69. The van der Waals surface area contributed by atoms with Crippen LogP contribution in [0.4, 0.5) is 0 Å². The summed E-state index contributed by atoms with van der Waals surface area (Å²) >= 11 is 0. The predicted octanol–water partition coefficient (Wildman–Crippen LogP) is 3.76. The van der Waals surface area contributed by atoms with Crippen LogP contribution in [0.2, 0.25) is 0 Å². The van der Waals surface area contributed by atoms with E-state index in [2.05, 4.69) is 18.3 Å². The van der Waals surface area contributed by atoms with Crippen LogP contribution >= 0.6 is 0 Å². The van der Waals surface area contributed by atoms with E-state index >= 15 is 0 Å². The second-order valence-electron chi connectivity index (χ2n) is 5.75. The van der Waals surface area contributed by atoms with E-state index in [1.54, 1.807) is 14.2 Å². The van der Waals surface area contributed by atoms with E-state index in [0.29, 0.717) is 6.04 Å². The van der Waals surface area contributed by atoms with Gasteiger partial charge in [0.05, 0.1) is 14.2 Å². The van der Waals surface area contributed by atoms with Gasteiger partial charge in [-0.15, -0.1) is 0 Å². The first-order valence-electron chi connectivity index (χ1n) is 7.69. The summed E-state index contributed by atoms with van der Waals surface area (Å²) < 4.78 is 10.7. The molecule has 1 aromatic carbocycles. The molecule has 0 spiro atoms. The minimum atomic E-state index is 0.571. The molecule has 112 valence electrons. The Morgan fingerprint density at radius 1 is 1.15 bits per heavy atom. The van der Waals surface area contributed by atoms with Crippen LogP contribution < -0.4 is 14.8 Å². The van der Waals surface area contributed by atoms with E-state index < -0.39 is 0 Å². The first-order chi connectivity index (χ1) is 9.74. The SMILES string of the molecule is COc1ccc(CN[C@@H](C)C2CCCCC2)c(OC)c1. The summed E-state index contributed by atoms with van der Waals surface area (Å²) in [4.78, 5) is 0. The van der Waals surface area contributed by atoms with Crippen LogP contribution in [-0.2, 0) is 6.54 Å². The molecule has 0 radical (unpaired) electrons. The van der Waals surface area contributed by atoms with Crippen LogP contribution in [0, 0.1) is 5.92 Å². The molecule has 1 N–H and O–H groups in total. The van der Waals surface area contributed by atoms with Crippen molar-refractivity contribution in [1.29, 1.82) is 0 Å². The van der Waals surface area contributed by atoms with Crippen molar-refractivity contribution in [3.05, 3.63) is 23.8 Å². The molecule has 0 unspecified atom stereocenters. The highest BCUT2D eigenvalue weighted by Crippen LogP contribution is 2.28. The molecule has 0 bridgehead atoms. The number of methoxy groups -OCH3 is 2. The highest BCUT2D eigenvalue weighted by Gasteiger charge is 2.19. The van der Waals surface area contributed by atoms with Crippen molar-refractivity contribution in [2.45, 2.75) is 51.6 Å². The molecule has 1 aromatic rings. The van der Waals surface area contributed by atoms with Gasteiger partial charge in [-0.3, -0.25) is 0 Å². The van der Waals surface area contributed by atoms with Gasteiger partial charge in [-0.25, -0.2) is 0 Å². The van der Waals surface area contributed by atoms with E-state index in [9.17, 15) is 0 Å². The Bertz CT molecular complexity index is 413. The molecule has 3 heteroatoms. The molecule has 0 aliphatic heterocycles. The van der Waals surface area contributed by atoms with E-state index in [0.717, 1.165) is 24.0 Å². The zero-order valence-electron chi connectivity index (χ0n) is 12.9. The van der Waals surface area contributed by atoms with Gasteiger partial charge < -0.3 is 14.8 Å². The maximum absolute atomic E-state index is 5.45. The molecular weight excluding hydrogens is 250 g/mol. The molecule has 3 nitrogen and oxygen atoms in total. The average Bonchev–Trinajstić information content (AvgIpc) is 2.53. The molecule has 0 aromatic heterocycles. The van der Waals surface area contributed by atoms with Crippen LogP contribution in [0.3, 0.4) is 0 Å². The largest absolute Gasteiger partial charge is 0.497 e. The molecule has 0 saturated heterocycles. The maximum atomic E-state index is 5.45. The lowest BCUT2D eigenvalue weighted by atomic mass is 9.84. The number of ether oxygens (including phenoxy) is 2. The summed E-state index contributed by atoms with van der Waals surface area (Å²) in [5.74, 6) is 2.56. The summed E-state index contributed by atoms with van der Waals surface area (Å²) in [6.07, 6.45) is 6.93. The number of rotatable bonds is 6. The first kappa shape index (κ1) is 15.2. The minimum absolute atomic E-state index is 0.571. The Kier molecular flexibility index (Phi) is 5.72. The number of hydrogen-bond acceptors (Lipinski definition) is 3. The molecule has 1 fully saturated rings. The zero-order valence-corrected chi connectivity index (χ0v) is 12.9. The average molecular weight is 277 g/mol.